The molecule has 0 saturated heterocycles. The molecule has 26 heavy (non-hydrogen) atoms. The Kier molecular flexibility index (Phi) is 3.81. The summed E-state index contributed by atoms with van der Waals surface area (Å²) in [4.78, 5) is 19.5. The molecule has 0 aliphatic carbocycles. The Balaban J connectivity index is 1.66. The van der Waals surface area contributed by atoms with Crippen molar-refractivity contribution in [2.45, 2.75) is 6.92 Å². The number of hydrogen-bond acceptors (Lipinski definition) is 5. The summed E-state index contributed by atoms with van der Waals surface area (Å²) in [5, 5.41) is 14.2. The van der Waals surface area contributed by atoms with Gasteiger partial charge in [0.05, 0.1) is 10.6 Å². The zero-order valence-electron chi connectivity index (χ0n) is 14.0. The number of nitro groups is 1. The molecule has 0 amide bonds. The summed E-state index contributed by atoms with van der Waals surface area (Å²) in [5.41, 5.74) is 4.22. The molecule has 2 aromatic heterocycles. The van der Waals surface area contributed by atoms with Crippen molar-refractivity contribution in [2.24, 2.45) is 0 Å². The fourth-order valence-electron chi connectivity index (χ4n) is 2.66. The van der Waals surface area contributed by atoms with Crippen LogP contribution in [0.5, 0.6) is 0 Å². The number of aryl methyl sites for hydroxylation is 1. The van der Waals surface area contributed by atoms with E-state index in [0.717, 1.165) is 5.69 Å². The molecule has 0 bridgehead atoms. The van der Waals surface area contributed by atoms with Crippen LogP contribution in [0, 0.1) is 17.0 Å². The predicted octanol–water partition coefficient (Wildman–Crippen LogP) is 4.36. The Bertz CT molecular complexity index is 1100. The maximum Gasteiger partial charge on any atom is 0.270 e. The van der Waals surface area contributed by atoms with Crippen LogP contribution >= 0.6 is 0 Å². The van der Waals surface area contributed by atoms with Crippen molar-refractivity contribution >= 4 is 22.8 Å². The standard InChI is InChI=1S/C19H15N5O2/c1-13-5-7-15(8-6-13)21-18-10-19-22-17(11-23(19)12-20-18)14-3-2-4-16(9-14)24(25)26/h2-12,21H,1H3. The minimum absolute atomic E-state index is 0.0411. The Morgan fingerprint density at radius 3 is 2.69 bits per heavy atom. The summed E-state index contributed by atoms with van der Waals surface area (Å²) in [6, 6.07) is 16.3. The summed E-state index contributed by atoms with van der Waals surface area (Å²) in [7, 11) is 0. The Hall–Kier alpha value is -3.74. The lowest BCUT2D eigenvalue weighted by molar-refractivity contribution is -0.384. The number of benzene rings is 2. The average Bonchev–Trinajstić information content (AvgIpc) is 3.07. The second kappa shape index (κ2) is 6.29. The van der Waals surface area contributed by atoms with Gasteiger partial charge in [0.1, 0.15) is 17.8 Å². The fourth-order valence-corrected chi connectivity index (χ4v) is 2.66. The maximum atomic E-state index is 11.0. The first-order valence-electron chi connectivity index (χ1n) is 8.02. The van der Waals surface area contributed by atoms with Gasteiger partial charge in [0, 0.05) is 35.6 Å². The second-order valence-electron chi connectivity index (χ2n) is 5.96. The molecule has 1 N–H and O–H groups in total. The molecule has 0 fully saturated rings. The molecule has 0 radical (unpaired) electrons. The van der Waals surface area contributed by atoms with Gasteiger partial charge < -0.3 is 5.32 Å². The molecular weight excluding hydrogens is 330 g/mol. The van der Waals surface area contributed by atoms with E-state index in [9.17, 15) is 10.1 Å². The van der Waals surface area contributed by atoms with Gasteiger partial charge in [0.25, 0.3) is 5.69 Å². The molecular formula is C19H15N5O2. The van der Waals surface area contributed by atoms with E-state index in [1.165, 1.54) is 17.7 Å². The van der Waals surface area contributed by atoms with Crippen LogP contribution in [0.4, 0.5) is 17.2 Å². The normalized spacial score (nSPS) is 10.8. The average molecular weight is 345 g/mol. The van der Waals surface area contributed by atoms with Crippen LogP contribution in [-0.4, -0.2) is 19.3 Å². The second-order valence-corrected chi connectivity index (χ2v) is 5.96. The van der Waals surface area contributed by atoms with Crippen LogP contribution < -0.4 is 5.32 Å². The Morgan fingerprint density at radius 1 is 1.12 bits per heavy atom. The SMILES string of the molecule is Cc1ccc(Nc2cc3nc(-c4cccc([N+](=O)[O-])c4)cn3cn2)cc1. The van der Waals surface area contributed by atoms with Crippen LogP contribution in [0.3, 0.4) is 0 Å². The predicted molar refractivity (Wildman–Crippen MR) is 99.5 cm³/mol. The number of anilines is 2. The van der Waals surface area contributed by atoms with E-state index in [-0.39, 0.29) is 5.69 Å². The fraction of sp³-hybridized carbons (Fsp3) is 0.0526. The monoisotopic (exact) mass is 345 g/mol. The highest BCUT2D eigenvalue weighted by Gasteiger charge is 2.10. The topological polar surface area (TPSA) is 85.4 Å². The lowest BCUT2D eigenvalue weighted by Gasteiger charge is -2.05. The van der Waals surface area contributed by atoms with Crippen LogP contribution in [0.1, 0.15) is 5.56 Å². The van der Waals surface area contributed by atoms with Gasteiger partial charge in [-0.3, -0.25) is 14.5 Å². The third-order valence-corrected chi connectivity index (χ3v) is 4.02. The minimum Gasteiger partial charge on any atom is -0.340 e. The van der Waals surface area contributed by atoms with Gasteiger partial charge in [-0.25, -0.2) is 9.97 Å². The van der Waals surface area contributed by atoms with Gasteiger partial charge in [-0.1, -0.05) is 29.8 Å². The molecule has 7 nitrogen and oxygen atoms in total. The zero-order chi connectivity index (χ0) is 18.1. The molecule has 128 valence electrons. The summed E-state index contributed by atoms with van der Waals surface area (Å²) < 4.78 is 1.79. The lowest BCUT2D eigenvalue weighted by Crippen LogP contribution is -1.95. The molecule has 0 saturated carbocycles. The maximum absolute atomic E-state index is 11.0. The molecule has 0 unspecified atom stereocenters. The van der Waals surface area contributed by atoms with Crippen molar-refractivity contribution in [1.29, 1.82) is 0 Å². The van der Waals surface area contributed by atoms with Gasteiger partial charge in [0.2, 0.25) is 0 Å². The highest BCUT2D eigenvalue weighted by Crippen LogP contribution is 2.24. The molecule has 4 aromatic rings. The zero-order valence-corrected chi connectivity index (χ0v) is 14.0. The Morgan fingerprint density at radius 2 is 1.92 bits per heavy atom. The van der Waals surface area contributed by atoms with E-state index in [1.807, 2.05) is 37.3 Å². The van der Waals surface area contributed by atoms with E-state index < -0.39 is 4.92 Å². The first-order chi connectivity index (χ1) is 12.6. The highest BCUT2D eigenvalue weighted by atomic mass is 16.6. The van der Waals surface area contributed by atoms with E-state index in [1.54, 1.807) is 29.1 Å². The molecule has 0 spiro atoms. The van der Waals surface area contributed by atoms with Crippen molar-refractivity contribution in [2.75, 3.05) is 5.32 Å². The lowest BCUT2D eigenvalue weighted by atomic mass is 10.1. The van der Waals surface area contributed by atoms with Gasteiger partial charge in [0.15, 0.2) is 0 Å². The number of rotatable bonds is 4. The van der Waals surface area contributed by atoms with Gasteiger partial charge in [-0.2, -0.15) is 0 Å². The van der Waals surface area contributed by atoms with Crippen LogP contribution in [0.25, 0.3) is 16.9 Å². The molecule has 0 aliphatic heterocycles. The molecule has 7 heteroatoms. The number of nitrogens with zero attached hydrogens (tertiary/aromatic N) is 4. The number of imidazole rings is 1. The van der Waals surface area contributed by atoms with Gasteiger partial charge in [-0.05, 0) is 19.1 Å². The summed E-state index contributed by atoms with van der Waals surface area (Å²) in [5.74, 6) is 0.678. The molecule has 4 rings (SSSR count). The largest absolute Gasteiger partial charge is 0.340 e. The van der Waals surface area contributed by atoms with Gasteiger partial charge >= 0.3 is 0 Å². The van der Waals surface area contributed by atoms with Crippen molar-refractivity contribution in [3.05, 3.63) is 82.8 Å². The summed E-state index contributed by atoms with van der Waals surface area (Å²) in [6.07, 6.45) is 3.47. The number of aromatic nitrogens is 3. The van der Waals surface area contributed by atoms with E-state index in [0.29, 0.717) is 22.7 Å². The number of nitro benzene ring substituents is 1. The molecule has 2 heterocycles. The number of nitrogens with one attached hydrogen (secondary N) is 1. The van der Waals surface area contributed by atoms with Crippen molar-refractivity contribution < 1.29 is 4.92 Å². The highest BCUT2D eigenvalue weighted by molar-refractivity contribution is 5.67. The third kappa shape index (κ3) is 3.10. The first kappa shape index (κ1) is 15.8. The number of non-ortho nitro benzene ring substituents is 1. The summed E-state index contributed by atoms with van der Waals surface area (Å²) >= 11 is 0. The number of fused-ring (bicyclic) bond motifs is 1. The smallest absolute Gasteiger partial charge is 0.270 e. The van der Waals surface area contributed by atoms with E-state index >= 15 is 0 Å². The minimum atomic E-state index is -0.412. The van der Waals surface area contributed by atoms with E-state index in [2.05, 4.69) is 15.3 Å². The molecule has 0 aliphatic rings. The van der Waals surface area contributed by atoms with Crippen molar-refractivity contribution in [3.8, 4) is 11.3 Å². The quantitative estimate of drug-likeness (QED) is 0.439. The molecule has 0 atom stereocenters. The van der Waals surface area contributed by atoms with Crippen LogP contribution in [0.15, 0.2) is 67.1 Å². The van der Waals surface area contributed by atoms with E-state index in [4.69, 9.17) is 0 Å². The van der Waals surface area contributed by atoms with Crippen molar-refractivity contribution in [3.63, 3.8) is 0 Å². The van der Waals surface area contributed by atoms with Gasteiger partial charge in [-0.15, -0.1) is 0 Å². The third-order valence-electron chi connectivity index (χ3n) is 4.02. The van der Waals surface area contributed by atoms with Crippen molar-refractivity contribution in [1.82, 2.24) is 14.4 Å². The first-order valence-corrected chi connectivity index (χ1v) is 8.02. The molecule has 2 aromatic carbocycles. The summed E-state index contributed by atoms with van der Waals surface area (Å²) in [6.45, 7) is 2.04. The van der Waals surface area contributed by atoms with Crippen LogP contribution in [-0.2, 0) is 0 Å². The Labute approximate surface area is 149 Å². The number of hydrogen-bond donors (Lipinski definition) is 1. The van der Waals surface area contributed by atoms with Crippen LogP contribution in [0.2, 0.25) is 0 Å².